The lowest BCUT2D eigenvalue weighted by Gasteiger charge is -2.32. The number of ether oxygens (including phenoxy) is 1. The van der Waals surface area contributed by atoms with Crippen LogP contribution in [-0.2, 0) is 5.41 Å². The van der Waals surface area contributed by atoms with Crippen molar-refractivity contribution in [2.24, 2.45) is 4.99 Å². The highest BCUT2D eigenvalue weighted by Crippen LogP contribution is 2.50. The predicted octanol–water partition coefficient (Wildman–Crippen LogP) is 3.77. The minimum Gasteiger partial charge on any atom is -0.495 e. The van der Waals surface area contributed by atoms with Crippen molar-refractivity contribution in [3.63, 3.8) is 0 Å². The summed E-state index contributed by atoms with van der Waals surface area (Å²) in [5, 5.41) is 0. The van der Waals surface area contributed by atoms with Crippen LogP contribution in [0.5, 0.6) is 5.75 Å². The lowest BCUT2D eigenvalue weighted by molar-refractivity contribution is 0.359. The van der Waals surface area contributed by atoms with E-state index in [2.05, 4.69) is 32.1 Å². The molecule has 17 heavy (non-hydrogen) atoms. The molecule has 90 valence electrons. The Morgan fingerprint density at radius 2 is 2.06 bits per heavy atom. The van der Waals surface area contributed by atoms with Crippen molar-refractivity contribution in [1.29, 1.82) is 0 Å². The van der Waals surface area contributed by atoms with Crippen molar-refractivity contribution < 1.29 is 4.74 Å². The Morgan fingerprint density at radius 3 is 2.76 bits per heavy atom. The van der Waals surface area contributed by atoms with Crippen molar-refractivity contribution in [3.05, 3.63) is 16.2 Å². The van der Waals surface area contributed by atoms with Crippen LogP contribution in [0.1, 0.15) is 37.7 Å². The fourth-order valence-corrected chi connectivity index (χ4v) is 3.48. The zero-order chi connectivity index (χ0) is 11.9. The summed E-state index contributed by atoms with van der Waals surface area (Å²) in [5.41, 5.74) is 1.27. The van der Waals surface area contributed by atoms with Gasteiger partial charge < -0.3 is 4.74 Å². The quantitative estimate of drug-likeness (QED) is 0.790. The number of fused-ring (bicyclic) bond motifs is 2. The first-order valence-corrected chi connectivity index (χ1v) is 6.84. The summed E-state index contributed by atoms with van der Waals surface area (Å²) in [6.07, 6.45) is 10.1. The van der Waals surface area contributed by atoms with E-state index in [0.717, 1.165) is 28.9 Å². The van der Waals surface area contributed by atoms with Gasteiger partial charge in [-0.05, 0) is 28.8 Å². The molecule has 0 radical (unpaired) electrons. The number of halogens is 1. The third kappa shape index (κ3) is 1.61. The van der Waals surface area contributed by atoms with Crippen molar-refractivity contribution in [3.8, 4) is 5.75 Å². The minimum atomic E-state index is 0.0791. The van der Waals surface area contributed by atoms with Gasteiger partial charge in [0.05, 0.1) is 17.1 Å². The largest absolute Gasteiger partial charge is 0.495 e. The van der Waals surface area contributed by atoms with Crippen molar-refractivity contribution in [2.45, 2.75) is 37.5 Å². The first-order valence-electron chi connectivity index (χ1n) is 6.05. The van der Waals surface area contributed by atoms with Crippen LogP contribution >= 0.6 is 15.9 Å². The summed E-state index contributed by atoms with van der Waals surface area (Å²) in [6.45, 7) is 0. The van der Waals surface area contributed by atoms with Gasteiger partial charge in [0.15, 0.2) is 5.82 Å². The summed E-state index contributed by atoms with van der Waals surface area (Å²) < 4.78 is 6.47. The minimum absolute atomic E-state index is 0.0791. The fraction of sp³-hybridized carbons (Fsp3) is 0.538. The van der Waals surface area contributed by atoms with Crippen LogP contribution < -0.4 is 4.74 Å². The van der Waals surface area contributed by atoms with Crippen LogP contribution in [0.3, 0.4) is 0 Å². The second kappa shape index (κ2) is 4.09. The van der Waals surface area contributed by atoms with Crippen LogP contribution in [0.2, 0.25) is 0 Å². The highest BCUT2D eigenvalue weighted by molar-refractivity contribution is 9.10. The third-order valence-corrected chi connectivity index (χ3v) is 4.41. The molecule has 1 aromatic rings. The molecule has 0 amide bonds. The number of aromatic nitrogens is 1. The molecule has 1 aromatic heterocycles. The maximum Gasteiger partial charge on any atom is 0.159 e. The number of aliphatic imine (C=N–C) groups is 1. The Bertz CT molecular complexity index is 479. The first-order chi connectivity index (χ1) is 8.27. The highest BCUT2D eigenvalue weighted by Gasteiger charge is 2.41. The van der Waals surface area contributed by atoms with Gasteiger partial charge in [0.2, 0.25) is 0 Å². The SMILES string of the molecule is COc1c(Br)cnc2c1C1(C=N2)CCCCC1. The number of rotatable bonds is 1. The molecule has 1 aliphatic heterocycles. The van der Waals surface area contributed by atoms with E-state index in [4.69, 9.17) is 4.74 Å². The maximum atomic E-state index is 5.55. The van der Waals surface area contributed by atoms with Crippen molar-refractivity contribution >= 4 is 28.0 Å². The molecule has 0 unspecified atom stereocenters. The summed E-state index contributed by atoms with van der Waals surface area (Å²) in [4.78, 5) is 8.88. The van der Waals surface area contributed by atoms with E-state index in [9.17, 15) is 0 Å². The summed E-state index contributed by atoms with van der Waals surface area (Å²) in [7, 11) is 1.72. The normalized spacial score (nSPS) is 20.6. The van der Waals surface area contributed by atoms with Crippen LogP contribution in [0, 0.1) is 0 Å². The van der Waals surface area contributed by atoms with E-state index in [-0.39, 0.29) is 5.41 Å². The molecule has 2 aliphatic rings. The predicted molar refractivity (Wildman–Crippen MR) is 71.4 cm³/mol. The molecule has 0 aromatic carbocycles. The molecule has 1 saturated carbocycles. The van der Waals surface area contributed by atoms with Gasteiger partial charge in [-0.15, -0.1) is 0 Å². The number of methoxy groups -OCH3 is 1. The van der Waals surface area contributed by atoms with E-state index in [1.54, 1.807) is 13.3 Å². The van der Waals surface area contributed by atoms with Gasteiger partial charge in [0.1, 0.15) is 5.75 Å². The number of hydrogen-bond acceptors (Lipinski definition) is 3. The van der Waals surface area contributed by atoms with E-state index >= 15 is 0 Å². The molecule has 0 atom stereocenters. The topological polar surface area (TPSA) is 34.5 Å². The molecular formula is C13H15BrN2O. The number of nitrogens with zero attached hydrogens (tertiary/aromatic N) is 2. The molecular weight excluding hydrogens is 280 g/mol. The Kier molecular flexibility index (Phi) is 2.69. The lowest BCUT2D eigenvalue weighted by atomic mass is 9.71. The first kappa shape index (κ1) is 11.2. The average Bonchev–Trinajstić information content (AvgIpc) is 2.70. The van der Waals surface area contributed by atoms with Gasteiger partial charge in [0.25, 0.3) is 0 Å². The van der Waals surface area contributed by atoms with Gasteiger partial charge in [-0.3, -0.25) is 0 Å². The van der Waals surface area contributed by atoms with Crippen molar-refractivity contribution in [1.82, 2.24) is 4.98 Å². The summed E-state index contributed by atoms with van der Waals surface area (Å²) >= 11 is 3.52. The van der Waals surface area contributed by atoms with Crippen LogP contribution in [-0.4, -0.2) is 18.3 Å². The molecule has 0 bridgehead atoms. The average molecular weight is 295 g/mol. The Hall–Kier alpha value is -0.900. The Labute approximate surface area is 109 Å². The summed E-state index contributed by atoms with van der Waals surface area (Å²) in [5.74, 6) is 1.75. The molecule has 3 nitrogen and oxygen atoms in total. The second-order valence-corrected chi connectivity index (χ2v) is 5.67. The molecule has 4 heteroatoms. The molecule has 1 aliphatic carbocycles. The lowest BCUT2D eigenvalue weighted by Crippen LogP contribution is -2.29. The molecule has 0 saturated heterocycles. The number of hydrogen-bond donors (Lipinski definition) is 0. The maximum absolute atomic E-state index is 5.55. The van der Waals surface area contributed by atoms with E-state index in [1.165, 1.54) is 24.8 Å². The monoisotopic (exact) mass is 294 g/mol. The zero-order valence-corrected chi connectivity index (χ0v) is 11.5. The molecule has 3 rings (SSSR count). The third-order valence-electron chi connectivity index (χ3n) is 3.85. The zero-order valence-electron chi connectivity index (χ0n) is 9.87. The summed E-state index contributed by atoms with van der Waals surface area (Å²) in [6, 6.07) is 0. The van der Waals surface area contributed by atoms with E-state index < -0.39 is 0 Å². The molecule has 1 spiro atoms. The highest BCUT2D eigenvalue weighted by atomic mass is 79.9. The Balaban J connectivity index is 2.16. The Morgan fingerprint density at radius 1 is 1.29 bits per heavy atom. The van der Waals surface area contributed by atoms with Gasteiger partial charge in [-0.25, -0.2) is 9.98 Å². The van der Waals surface area contributed by atoms with E-state index in [1.807, 2.05) is 0 Å². The standard InChI is InChI=1S/C13H15BrN2O/c1-17-11-9(14)7-15-12-10(11)13(8-16-12)5-3-2-4-6-13/h7-8H,2-6H2,1H3. The van der Waals surface area contributed by atoms with Gasteiger partial charge in [0, 0.05) is 17.8 Å². The van der Waals surface area contributed by atoms with Crippen LogP contribution in [0.15, 0.2) is 15.7 Å². The second-order valence-electron chi connectivity index (χ2n) is 4.81. The van der Waals surface area contributed by atoms with Gasteiger partial charge >= 0.3 is 0 Å². The fourth-order valence-electron chi connectivity index (χ4n) is 3.02. The smallest absolute Gasteiger partial charge is 0.159 e. The van der Waals surface area contributed by atoms with Gasteiger partial charge in [-0.1, -0.05) is 19.3 Å². The molecule has 1 fully saturated rings. The molecule has 2 heterocycles. The van der Waals surface area contributed by atoms with Crippen molar-refractivity contribution in [2.75, 3.05) is 7.11 Å². The van der Waals surface area contributed by atoms with Crippen LogP contribution in [0.25, 0.3) is 0 Å². The molecule has 0 N–H and O–H groups in total. The van der Waals surface area contributed by atoms with Crippen LogP contribution in [0.4, 0.5) is 5.82 Å². The van der Waals surface area contributed by atoms with Gasteiger partial charge in [-0.2, -0.15) is 0 Å². The number of pyridine rings is 1. The van der Waals surface area contributed by atoms with E-state index in [0.29, 0.717) is 0 Å².